The molecule has 23 heavy (non-hydrogen) atoms. The van der Waals surface area contributed by atoms with Crippen LogP contribution in [0.15, 0.2) is 35.9 Å². The molecule has 0 radical (unpaired) electrons. The molecule has 0 unspecified atom stereocenters. The molecule has 0 saturated carbocycles. The maximum atomic E-state index is 11.8. The maximum absolute atomic E-state index is 11.8. The van der Waals surface area contributed by atoms with Gasteiger partial charge in [-0.2, -0.15) is 0 Å². The molecule has 0 fully saturated rings. The fourth-order valence-corrected chi connectivity index (χ4v) is 2.82. The van der Waals surface area contributed by atoms with Crippen LogP contribution in [0.1, 0.15) is 37.7 Å². The van der Waals surface area contributed by atoms with E-state index < -0.39 is 0 Å². The van der Waals surface area contributed by atoms with Gasteiger partial charge in [-0.1, -0.05) is 23.8 Å². The number of carbonyl (C=O) groups is 1. The summed E-state index contributed by atoms with van der Waals surface area (Å²) in [6, 6.07) is 8.02. The number of carbonyl (C=O) groups excluding carboxylic acids is 1. The van der Waals surface area contributed by atoms with Gasteiger partial charge in [0.15, 0.2) is 0 Å². The van der Waals surface area contributed by atoms with E-state index in [2.05, 4.69) is 22.8 Å². The molecule has 0 heterocycles. The van der Waals surface area contributed by atoms with Gasteiger partial charge in [0.2, 0.25) is 5.91 Å². The zero-order valence-corrected chi connectivity index (χ0v) is 14.1. The Morgan fingerprint density at radius 2 is 2.13 bits per heavy atom. The molecular formula is C19H28N2O2. The summed E-state index contributed by atoms with van der Waals surface area (Å²) in [5.74, 6) is 0.948. The van der Waals surface area contributed by atoms with Crippen molar-refractivity contribution in [1.29, 1.82) is 0 Å². The molecule has 1 aliphatic rings. The molecule has 0 bridgehead atoms. The van der Waals surface area contributed by atoms with Crippen LogP contribution in [0, 0.1) is 0 Å². The summed E-state index contributed by atoms with van der Waals surface area (Å²) < 4.78 is 5.20. The van der Waals surface area contributed by atoms with Crippen molar-refractivity contribution in [3.05, 3.63) is 41.5 Å². The highest BCUT2D eigenvalue weighted by molar-refractivity contribution is 5.77. The summed E-state index contributed by atoms with van der Waals surface area (Å²) in [7, 11) is 1.67. The summed E-state index contributed by atoms with van der Waals surface area (Å²) in [4.78, 5) is 11.8. The molecule has 1 aliphatic carbocycles. The molecule has 1 amide bonds. The van der Waals surface area contributed by atoms with Crippen molar-refractivity contribution in [2.45, 2.75) is 38.5 Å². The third kappa shape index (κ3) is 6.87. The molecule has 0 atom stereocenters. The first kappa shape index (κ1) is 17.5. The van der Waals surface area contributed by atoms with E-state index in [9.17, 15) is 4.79 Å². The lowest BCUT2D eigenvalue weighted by Crippen LogP contribution is -2.35. The van der Waals surface area contributed by atoms with Gasteiger partial charge < -0.3 is 15.4 Å². The summed E-state index contributed by atoms with van der Waals surface area (Å²) in [6.45, 7) is 1.91. The first-order valence-corrected chi connectivity index (χ1v) is 8.56. The van der Waals surface area contributed by atoms with E-state index in [0.29, 0.717) is 6.54 Å². The van der Waals surface area contributed by atoms with Crippen LogP contribution >= 0.6 is 0 Å². The molecule has 0 aliphatic heterocycles. The van der Waals surface area contributed by atoms with Crippen LogP contribution < -0.4 is 15.4 Å². The Morgan fingerprint density at radius 3 is 2.91 bits per heavy atom. The van der Waals surface area contributed by atoms with Crippen LogP contribution in [-0.4, -0.2) is 32.7 Å². The third-order valence-electron chi connectivity index (χ3n) is 4.16. The van der Waals surface area contributed by atoms with Crippen molar-refractivity contribution < 1.29 is 9.53 Å². The average Bonchev–Trinajstić information content (AvgIpc) is 2.60. The largest absolute Gasteiger partial charge is 0.497 e. The van der Waals surface area contributed by atoms with Crippen molar-refractivity contribution in [2.24, 2.45) is 0 Å². The third-order valence-corrected chi connectivity index (χ3v) is 4.16. The van der Waals surface area contributed by atoms with Crippen molar-refractivity contribution in [3.63, 3.8) is 0 Å². The van der Waals surface area contributed by atoms with Crippen LogP contribution in [0.25, 0.3) is 0 Å². The zero-order chi connectivity index (χ0) is 16.3. The monoisotopic (exact) mass is 316 g/mol. The molecule has 126 valence electrons. The van der Waals surface area contributed by atoms with E-state index in [-0.39, 0.29) is 5.91 Å². The Labute approximate surface area is 139 Å². The fourth-order valence-electron chi connectivity index (χ4n) is 2.82. The zero-order valence-electron chi connectivity index (χ0n) is 14.1. The molecule has 0 spiro atoms. The van der Waals surface area contributed by atoms with Gasteiger partial charge in [-0.25, -0.2) is 0 Å². The second-order valence-electron chi connectivity index (χ2n) is 5.99. The number of nitrogens with one attached hydrogen (secondary N) is 2. The first-order valence-electron chi connectivity index (χ1n) is 8.56. The van der Waals surface area contributed by atoms with Gasteiger partial charge in [0.25, 0.3) is 0 Å². The van der Waals surface area contributed by atoms with Crippen molar-refractivity contribution in [2.75, 3.05) is 26.7 Å². The maximum Gasteiger partial charge on any atom is 0.233 e. The lowest BCUT2D eigenvalue weighted by Gasteiger charge is -2.13. The van der Waals surface area contributed by atoms with Gasteiger partial charge in [-0.05, 0) is 62.8 Å². The summed E-state index contributed by atoms with van der Waals surface area (Å²) in [5.41, 5.74) is 2.71. The minimum absolute atomic E-state index is 0.0760. The molecule has 4 heteroatoms. The van der Waals surface area contributed by atoms with Crippen LogP contribution in [0.2, 0.25) is 0 Å². The van der Waals surface area contributed by atoms with Crippen molar-refractivity contribution >= 4 is 5.91 Å². The van der Waals surface area contributed by atoms with Crippen LogP contribution in [-0.2, 0) is 11.2 Å². The number of benzene rings is 1. The lowest BCUT2D eigenvalue weighted by molar-refractivity contribution is -0.120. The molecule has 1 aromatic carbocycles. The lowest BCUT2D eigenvalue weighted by atomic mass is 9.97. The quantitative estimate of drug-likeness (QED) is 0.544. The highest BCUT2D eigenvalue weighted by atomic mass is 16.5. The predicted octanol–water partition coefficient (Wildman–Crippen LogP) is 2.83. The highest BCUT2D eigenvalue weighted by Crippen LogP contribution is 2.19. The van der Waals surface area contributed by atoms with E-state index >= 15 is 0 Å². The first-order chi connectivity index (χ1) is 11.3. The molecule has 1 aromatic rings. The van der Waals surface area contributed by atoms with E-state index in [4.69, 9.17) is 4.74 Å². The summed E-state index contributed by atoms with van der Waals surface area (Å²) in [5, 5.41) is 6.18. The number of methoxy groups -OCH3 is 1. The minimum atomic E-state index is 0.0760. The topological polar surface area (TPSA) is 50.4 Å². The normalized spacial score (nSPS) is 14.2. The number of ether oxygens (including phenoxy) is 1. The van der Waals surface area contributed by atoms with Gasteiger partial charge in [-0.15, -0.1) is 0 Å². The van der Waals surface area contributed by atoms with Crippen LogP contribution in [0.4, 0.5) is 0 Å². The van der Waals surface area contributed by atoms with E-state index in [1.807, 2.05) is 18.2 Å². The number of amides is 1. The van der Waals surface area contributed by atoms with E-state index in [0.717, 1.165) is 31.7 Å². The van der Waals surface area contributed by atoms with Gasteiger partial charge in [0, 0.05) is 6.54 Å². The minimum Gasteiger partial charge on any atom is -0.497 e. The Bertz CT molecular complexity index is 526. The fraction of sp³-hybridized carbons (Fsp3) is 0.526. The SMILES string of the molecule is COc1cccc(CCNCC(=O)NCCC2=CCCCC2)c1. The Kier molecular flexibility index (Phi) is 7.67. The second-order valence-corrected chi connectivity index (χ2v) is 5.99. The molecular weight excluding hydrogens is 288 g/mol. The van der Waals surface area contributed by atoms with Gasteiger partial charge >= 0.3 is 0 Å². The Balaban J connectivity index is 1.55. The molecule has 2 rings (SSSR count). The molecule has 0 saturated heterocycles. The van der Waals surface area contributed by atoms with Crippen molar-refractivity contribution in [1.82, 2.24) is 10.6 Å². The number of rotatable bonds is 9. The molecule has 2 N–H and O–H groups in total. The predicted molar refractivity (Wildman–Crippen MR) is 93.7 cm³/mol. The Morgan fingerprint density at radius 1 is 1.22 bits per heavy atom. The standard InChI is InChI=1S/C19H28N2O2/c1-23-18-9-5-8-17(14-18)10-12-20-15-19(22)21-13-11-16-6-3-2-4-7-16/h5-6,8-9,14,20H,2-4,7,10-13,15H2,1H3,(H,21,22). The average molecular weight is 316 g/mol. The van der Waals surface area contributed by atoms with Gasteiger partial charge in [0.05, 0.1) is 13.7 Å². The van der Waals surface area contributed by atoms with E-state index in [1.54, 1.807) is 7.11 Å². The Hall–Kier alpha value is -1.81. The second kappa shape index (κ2) is 10.1. The number of allylic oxidation sites excluding steroid dienone is 1. The molecule has 0 aromatic heterocycles. The van der Waals surface area contributed by atoms with Gasteiger partial charge in [0.1, 0.15) is 5.75 Å². The van der Waals surface area contributed by atoms with Crippen LogP contribution in [0.5, 0.6) is 5.75 Å². The van der Waals surface area contributed by atoms with Crippen molar-refractivity contribution in [3.8, 4) is 5.75 Å². The smallest absolute Gasteiger partial charge is 0.233 e. The van der Waals surface area contributed by atoms with E-state index in [1.165, 1.54) is 36.8 Å². The summed E-state index contributed by atoms with van der Waals surface area (Å²) in [6.07, 6.45) is 9.23. The van der Waals surface area contributed by atoms with Gasteiger partial charge in [-0.3, -0.25) is 4.79 Å². The number of hydrogen-bond donors (Lipinski definition) is 2. The molecule has 4 nitrogen and oxygen atoms in total. The highest BCUT2D eigenvalue weighted by Gasteiger charge is 2.05. The van der Waals surface area contributed by atoms with Crippen LogP contribution in [0.3, 0.4) is 0 Å². The summed E-state index contributed by atoms with van der Waals surface area (Å²) >= 11 is 0. The number of hydrogen-bond acceptors (Lipinski definition) is 3.